The summed E-state index contributed by atoms with van der Waals surface area (Å²) < 4.78 is 5.46. The highest BCUT2D eigenvalue weighted by Gasteiger charge is 2.33. The Labute approximate surface area is 181 Å². The van der Waals surface area contributed by atoms with Gasteiger partial charge in [-0.2, -0.15) is 5.26 Å². The van der Waals surface area contributed by atoms with E-state index in [2.05, 4.69) is 10.3 Å². The third-order valence-corrected chi connectivity index (χ3v) is 5.18. The molecule has 0 radical (unpaired) electrons. The lowest BCUT2D eigenvalue weighted by Gasteiger charge is -2.39. The number of aliphatic imine (C=N–C) groups is 1. The van der Waals surface area contributed by atoms with Gasteiger partial charge in [-0.3, -0.25) is 0 Å². The first kappa shape index (κ1) is 22.2. The number of anilines is 1. The van der Waals surface area contributed by atoms with E-state index in [1.54, 1.807) is 24.1 Å². The molecule has 0 aliphatic carbocycles. The molecule has 0 saturated carbocycles. The Bertz CT molecular complexity index is 978. The molecule has 0 unspecified atom stereocenters. The van der Waals surface area contributed by atoms with Crippen molar-refractivity contribution >= 4 is 29.3 Å². The van der Waals surface area contributed by atoms with Crippen molar-refractivity contribution in [2.24, 2.45) is 4.99 Å². The molecule has 164 valence electrons. The van der Waals surface area contributed by atoms with E-state index in [9.17, 15) is 20.0 Å². The maximum atomic E-state index is 12.4. The Kier molecular flexibility index (Phi) is 6.20. The van der Waals surface area contributed by atoms with Crippen molar-refractivity contribution in [2.45, 2.75) is 45.3 Å². The number of nitriles is 1. The second-order valence-corrected chi connectivity index (χ2v) is 8.55. The summed E-state index contributed by atoms with van der Waals surface area (Å²) in [6.45, 7) is 6.61. The average Bonchev–Trinajstić information content (AvgIpc) is 2.72. The van der Waals surface area contributed by atoms with Crippen molar-refractivity contribution in [1.29, 1.82) is 5.26 Å². The van der Waals surface area contributed by atoms with Gasteiger partial charge in [-0.05, 0) is 45.7 Å². The summed E-state index contributed by atoms with van der Waals surface area (Å²) in [4.78, 5) is 32.3. The van der Waals surface area contributed by atoms with E-state index in [0.29, 0.717) is 43.1 Å². The van der Waals surface area contributed by atoms with E-state index >= 15 is 0 Å². The van der Waals surface area contributed by atoms with Gasteiger partial charge in [-0.1, -0.05) is 12.1 Å². The molecular formula is C22H27N5O4. The molecule has 0 spiro atoms. The van der Waals surface area contributed by atoms with Crippen LogP contribution in [0.15, 0.2) is 40.5 Å². The number of carbonyl (C=O) groups excluding carboxylic acids is 1. The summed E-state index contributed by atoms with van der Waals surface area (Å²) in [6, 6.07) is 9.05. The molecule has 1 aromatic carbocycles. The summed E-state index contributed by atoms with van der Waals surface area (Å²) in [6.07, 6.45) is 0.965. The van der Waals surface area contributed by atoms with Crippen LogP contribution in [-0.2, 0) is 9.53 Å². The lowest BCUT2D eigenvalue weighted by Crippen LogP contribution is -2.49. The molecule has 0 atom stereocenters. The van der Waals surface area contributed by atoms with Crippen LogP contribution >= 0.6 is 0 Å². The van der Waals surface area contributed by atoms with E-state index in [1.807, 2.05) is 43.9 Å². The quantitative estimate of drug-likeness (QED) is 0.551. The van der Waals surface area contributed by atoms with E-state index in [0.717, 1.165) is 0 Å². The van der Waals surface area contributed by atoms with E-state index < -0.39 is 11.6 Å². The predicted molar refractivity (Wildman–Crippen MR) is 116 cm³/mol. The number of likely N-dealkylation sites (tertiary alicyclic amines) is 1. The maximum Gasteiger partial charge on any atom is 0.410 e. The number of fused-ring (bicyclic) bond motifs is 1. The first-order chi connectivity index (χ1) is 14.6. The number of hydrogen-bond acceptors (Lipinski definition) is 7. The van der Waals surface area contributed by atoms with Crippen LogP contribution in [0.1, 0.15) is 33.6 Å². The highest BCUT2D eigenvalue weighted by molar-refractivity contribution is 6.12. The zero-order valence-corrected chi connectivity index (χ0v) is 18.2. The van der Waals surface area contributed by atoms with E-state index in [1.165, 1.54) is 0 Å². The second-order valence-electron chi connectivity index (χ2n) is 8.55. The Balaban J connectivity index is 1.82. The van der Waals surface area contributed by atoms with Gasteiger partial charge in [-0.25, -0.2) is 14.6 Å². The molecule has 1 fully saturated rings. The van der Waals surface area contributed by atoms with Crippen LogP contribution in [0.4, 0.5) is 16.2 Å². The zero-order chi connectivity index (χ0) is 22.8. The number of nitrogens with zero attached hydrogens (tertiary/aromatic N) is 4. The second kappa shape index (κ2) is 8.68. The van der Waals surface area contributed by atoms with Gasteiger partial charge in [0, 0.05) is 26.2 Å². The van der Waals surface area contributed by atoms with Gasteiger partial charge in [0.25, 0.3) is 0 Å². The van der Waals surface area contributed by atoms with Gasteiger partial charge in [0.15, 0.2) is 11.4 Å². The minimum Gasteiger partial charge on any atom is -0.477 e. The normalized spacial score (nSPS) is 18.2. The number of para-hydroxylation sites is 2. The Morgan fingerprint density at radius 3 is 2.52 bits per heavy atom. The maximum absolute atomic E-state index is 12.4. The van der Waals surface area contributed by atoms with Gasteiger partial charge in [0.1, 0.15) is 17.4 Å². The zero-order valence-electron chi connectivity index (χ0n) is 18.2. The number of rotatable bonds is 2. The van der Waals surface area contributed by atoms with Crippen molar-refractivity contribution in [3.05, 3.63) is 35.5 Å². The molecule has 0 bridgehead atoms. The fourth-order valence-electron chi connectivity index (χ4n) is 3.60. The SMILES string of the molecule is CN(C(=O)OC(C)(C)C)C1CCN(C2=Nc3ccccc3N/C2=C(\C#N)C(=O)O)CC1. The molecule has 0 aromatic heterocycles. The number of carboxylic acids is 1. The molecule has 31 heavy (non-hydrogen) atoms. The van der Waals surface area contributed by atoms with E-state index in [-0.39, 0.29) is 23.4 Å². The lowest BCUT2D eigenvalue weighted by atomic mass is 10.0. The van der Waals surface area contributed by atoms with Crippen LogP contribution in [-0.4, -0.2) is 64.6 Å². The summed E-state index contributed by atoms with van der Waals surface area (Å²) in [5, 5.41) is 22.0. The standard InChI is InChI=1S/C22H27N5O4/c1-22(2,3)31-21(30)26(4)14-9-11-27(12-10-14)19-18(15(13-23)20(28)29)24-16-7-5-6-8-17(16)25-19/h5-8,14,24H,9-12H2,1-4H3,(H,28,29)/b18-15+. The van der Waals surface area contributed by atoms with Crippen LogP contribution in [0.3, 0.4) is 0 Å². The molecule has 2 aliphatic heterocycles. The molecule has 2 N–H and O–H groups in total. The molecule has 3 rings (SSSR count). The van der Waals surface area contributed by atoms with Crippen molar-refractivity contribution in [1.82, 2.24) is 9.80 Å². The number of aliphatic carboxylic acids is 1. The number of amides is 1. The van der Waals surface area contributed by atoms with Gasteiger partial charge >= 0.3 is 12.1 Å². The summed E-state index contributed by atoms with van der Waals surface area (Å²) in [5.41, 5.74) is 0.562. The molecule has 9 nitrogen and oxygen atoms in total. The highest BCUT2D eigenvalue weighted by atomic mass is 16.6. The third-order valence-electron chi connectivity index (χ3n) is 5.18. The first-order valence-electron chi connectivity index (χ1n) is 10.1. The average molecular weight is 425 g/mol. The molecule has 1 saturated heterocycles. The van der Waals surface area contributed by atoms with Crippen molar-refractivity contribution < 1.29 is 19.4 Å². The van der Waals surface area contributed by atoms with Crippen LogP contribution in [0, 0.1) is 11.3 Å². The third kappa shape index (κ3) is 4.97. The smallest absolute Gasteiger partial charge is 0.410 e. The van der Waals surface area contributed by atoms with Crippen molar-refractivity contribution in [3.63, 3.8) is 0 Å². The number of hydrogen-bond donors (Lipinski definition) is 2. The fraction of sp³-hybridized carbons (Fsp3) is 0.455. The lowest BCUT2D eigenvalue weighted by molar-refractivity contribution is -0.132. The van der Waals surface area contributed by atoms with Crippen molar-refractivity contribution in [3.8, 4) is 6.07 Å². The van der Waals surface area contributed by atoms with Crippen LogP contribution in [0.5, 0.6) is 0 Å². The largest absolute Gasteiger partial charge is 0.477 e. The van der Waals surface area contributed by atoms with Gasteiger partial charge in [0.2, 0.25) is 0 Å². The Morgan fingerprint density at radius 1 is 1.29 bits per heavy atom. The Hall–Kier alpha value is -3.54. The van der Waals surface area contributed by atoms with Crippen LogP contribution < -0.4 is 5.32 Å². The van der Waals surface area contributed by atoms with Gasteiger partial charge in [-0.15, -0.1) is 0 Å². The van der Waals surface area contributed by atoms with Gasteiger partial charge < -0.3 is 25.0 Å². The predicted octanol–water partition coefficient (Wildman–Crippen LogP) is 3.34. The van der Waals surface area contributed by atoms with E-state index in [4.69, 9.17) is 4.74 Å². The number of nitrogens with one attached hydrogen (secondary N) is 1. The summed E-state index contributed by atoms with van der Waals surface area (Å²) >= 11 is 0. The molecule has 2 aliphatic rings. The number of carbonyl (C=O) groups is 2. The summed E-state index contributed by atoms with van der Waals surface area (Å²) in [5.74, 6) is -0.882. The molecule has 9 heteroatoms. The molecule has 1 aromatic rings. The molecule has 1 amide bonds. The first-order valence-corrected chi connectivity index (χ1v) is 10.1. The molecule has 2 heterocycles. The number of carboxylic acid groups (broad SMARTS) is 1. The highest BCUT2D eigenvalue weighted by Crippen LogP contribution is 2.33. The van der Waals surface area contributed by atoms with Gasteiger partial charge in [0.05, 0.1) is 11.4 Å². The number of benzene rings is 1. The topological polar surface area (TPSA) is 118 Å². The fourth-order valence-corrected chi connectivity index (χ4v) is 3.60. The number of ether oxygens (including phenoxy) is 1. The minimum atomic E-state index is -1.31. The number of piperidine rings is 1. The minimum absolute atomic E-state index is 0.00197. The van der Waals surface area contributed by atoms with Crippen LogP contribution in [0.2, 0.25) is 0 Å². The monoisotopic (exact) mass is 425 g/mol. The molecular weight excluding hydrogens is 398 g/mol. The van der Waals surface area contributed by atoms with Crippen molar-refractivity contribution in [2.75, 3.05) is 25.5 Å². The summed E-state index contributed by atoms with van der Waals surface area (Å²) in [7, 11) is 1.73. The Morgan fingerprint density at radius 2 is 1.94 bits per heavy atom. The number of amidine groups is 1. The van der Waals surface area contributed by atoms with Crippen LogP contribution in [0.25, 0.3) is 0 Å².